The summed E-state index contributed by atoms with van der Waals surface area (Å²) in [6, 6.07) is 1.87. The standard InChI is InChI=1S/C15H26N4O/c1-5-7-8-9-16-15-18-12(4)10-13(19-15)14(20)17-11(3)6-2/h10-11H,5-9H2,1-4H3,(H,17,20)(H,16,18,19). The smallest absolute Gasteiger partial charge is 0.270 e. The predicted octanol–water partition coefficient (Wildman–Crippen LogP) is 2.92. The second-order valence-corrected chi connectivity index (χ2v) is 5.13. The molecular formula is C15H26N4O. The molecule has 1 aromatic rings. The summed E-state index contributed by atoms with van der Waals surface area (Å²) in [6.45, 7) is 8.90. The molecule has 0 fully saturated rings. The average Bonchev–Trinajstić information content (AvgIpc) is 2.42. The fraction of sp³-hybridized carbons (Fsp3) is 0.667. The van der Waals surface area contributed by atoms with Crippen LogP contribution >= 0.6 is 0 Å². The quantitative estimate of drug-likeness (QED) is 0.717. The number of hydrogen-bond donors (Lipinski definition) is 2. The number of nitrogens with zero attached hydrogens (tertiary/aromatic N) is 2. The van der Waals surface area contributed by atoms with E-state index in [1.165, 1.54) is 12.8 Å². The van der Waals surface area contributed by atoms with E-state index in [1.807, 2.05) is 20.8 Å². The first-order valence-electron chi connectivity index (χ1n) is 7.47. The molecule has 5 heteroatoms. The number of hydrogen-bond acceptors (Lipinski definition) is 4. The van der Waals surface area contributed by atoms with Gasteiger partial charge in [-0.05, 0) is 32.8 Å². The van der Waals surface area contributed by atoms with Gasteiger partial charge in [-0.25, -0.2) is 9.97 Å². The van der Waals surface area contributed by atoms with E-state index in [-0.39, 0.29) is 11.9 Å². The SMILES string of the molecule is CCCCCNc1nc(C)cc(C(=O)NC(C)CC)n1. The number of unbranched alkanes of at least 4 members (excludes halogenated alkanes) is 2. The zero-order valence-corrected chi connectivity index (χ0v) is 13.0. The van der Waals surface area contributed by atoms with Crippen molar-refractivity contribution < 1.29 is 4.79 Å². The second kappa shape index (κ2) is 8.51. The van der Waals surface area contributed by atoms with Crippen LogP contribution in [-0.2, 0) is 0 Å². The number of carbonyl (C=O) groups excluding carboxylic acids is 1. The normalized spacial score (nSPS) is 12.0. The van der Waals surface area contributed by atoms with Gasteiger partial charge in [0.05, 0.1) is 0 Å². The minimum absolute atomic E-state index is 0.138. The molecule has 1 aromatic heterocycles. The number of nitrogens with one attached hydrogen (secondary N) is 2. The van der Waals surface area contributed by atoms with Gasteiger partial charge in [-0.2, -0.15) is 0 Å². The topological polar surface area (TPSA) is 66.9 Å². The predicted molar refractivity (Wildman–Crippen MR) is 82.0 cm³/mol. The van der Waals surface area contributed by atoms with Crippen molar-refractivity contribution in [1.29, 1.82) is 0 Å². The highest BCUT2D eigenvalue weighted by atomic mass is 16.1. The average molecular weight is 278 g/mol. The zero-order chi connectivity index (χ0) is 15.0. The molecule has 1 atom stereocenters. The summed E-state index contributed by atoms with van der Waals surface area (Å²) in [5, 5.41) is 6.10. The lowest BCUT2D eigenvalue weighted by molar-refractivity contribution is 0.0934. The van der Waals surface area contributed by atoms with Gasteiger partial charge in [-0.15, -0.1) is 0 Å². The molecule has 20 heavy (non-hydrogen) atoms. The Morgan fingerprint density at radius 3 is 2.70 bits per heavy atom. The Morgan fingerprint density at radius 2 is 2.05 bits per heavy atom. The van der Waals surface area contributed by atoms with Crippen LogP contribution in [-0.4, -0.2) is 28.5 Å². The van der Waals surface area contributed by atoms with Crippen molar-refractivity contribution in [2.45, 2.75) is 59.4 Å². The lowest BCUT2D eigenvalue weighted by Gasteiger charge is -2.12. The Bertz CT molecular complexity index is 434. The third-order valence-electron chi connectivity index (χ3n) is 3.14. The number of rotatable bonds is 8. The molecular weight excluding hydrogens is 252 g/mol. The van der Waals surface area contributed by atoms with E-state index in [9.17, 15) is 4.79 Å². The van der Waals surface area contributed by atoms with Crippen molar-refractivity contribution in [3.05, 3.63) is 17.5 Å². The van der Waals surface area contributed by atoms with Gasteiger partial charge in [0.1, 0.15) is 5.69 Å². The van der Waals surface area contributed by atoms with Crippen molar-refractivity contribution in [3.8, 4) is 0 Å². The Kier molecular flexibility index (Phi) is 6.98. The molecule has 0 saturated carbocycles. The Balaban J connectivity index is 2.67. The number of aryl methyl sites for hydroxylation is 1. The molecule has 0 spiro atoms. The van der Waals surface area contributed by atoms with Crippen LogP contribution in [0.2, 0.25) is 0 Å². The second-order valence-electron chi connectivity index (χ2n) is 5.13. The van der Waals surface area contributed by atoms with Crippen molar-refractivity contribution >= 4 is 11.9 Å². The summed E-state index contributed by atoms with van der Waals surface area (Å²) in [4.78, 5) is 20.7. The summed E-state index contributed by atoms with van der Waals surface area (Å²) < 4.78 is 0. The Labute approximate surface area is 121 Å². The molecule has 0 aliphatic carbocycles. The molecule has 0 aliphatic rings. The number of carbonyl (C=O) groups is 1. The highest BCUT2D eigenvalue weighted by Gasteiger charge is 2.12. The van der Waals surface area contributed by atoms with E-state index in [0.717, 1.165) is 25.1 Å². The van der Waals surface area contributed by atoms with Crippen LogP contribution in [0.25, 0.3) is 0 Å². The van der Waals surface area contributed by atoms with Crippen LogP contribution in [0.15, 0.2) is 6.07 Å². The first kappa shape index (κ1) is 16.4. The maximum Gasteiger partial charge on any atom is 0.270 e. The summed E-state index contributed by atoms with van der Waals surface area (Å²) in [7, 11) is 0. The summed E-state index contributed by atoms with van der Waals surface area (Å²) in [5.74, 6) is 0.400. The molecule has 1 amide bonds. The maximum absolute atomic E-state index is 12.1. The van der Waals surface area contributed by atoms with E-state index >= 15 is 0 Å². The number of amides is 1. The fourth-order valence-corrected chi connectivity index (χ4v) is 1.74. The number of anilines is 1. The van der Waals surface area contributed by atoms with Crippen molar-refractivity contribution in [1.82, 2.24) is 15.3 Å². The van der Waals surface area contributed by atoms with Gasteiger partial charge in [0.25, 0.3) is 5.91 Å². The molecule has 112 valence electrons. The molecule has 1 rings (SSSR count). The highest BCUT2D eigenvalue weighted by Crippen LogP contribution is 2.06. The Morgan fingerprint density at radius 1 is 1.30 bits per heavy atom. The molecule has 1 unspecified atom stereocenters. The van der Waals surface area contributed by atoms with Crippen molar-refractivity contribution in [2.75, 3.05) is 11.9 Å². The summed E-state index contributed by atoms with van der Waals surface area (Å²) >= 11 is 0. The van der Waals surface area contributed by atoms with Gasteiger partial charge in [-0.1, -0.05) is 26.7 Å². The largest absolute Gasteiger partial charge is 0.354 e. The molecule has 5 nitrogen and oxygen atoms in total. The van der Waals surface area contributed by atoms with E-state index < -0.39 is 0 Å². The van der Waals surface area contributed by atoms with Crippen molar-refractivity contribution in [3.63, 3.8) is 0 Å². The van der Waals surface area contributed by atoms with Gasteiger partial charge >= 0.3 is 0 Å². The van der Waals surface area contributed by atoms with E-state index in [0.29, 0.717) is 11.6 Å². The van der Waals surface area contributed by atoms with E-state index in [1.54, 1.807) is 6.07 Å². The molecule has 0 aromatic carbocycles. The lowest BCUT2D eigenvalue weighted by atomic mass is 10.2. The fourth-order valence-electron chi connectivity index (χ4n) is 1.74. The summed E-state index contributed by atoms with van der Waals surface area (Å²) in [6.07, 6.45) is 4.35. The first-order valence-corrected chi connectivity index (χ1v) is 7.47. The molecule has 0 radical (unpaired) electrons. The number of aromatic nitrogens is 2. The molecule has 0 bridgehead atoms. The van der Waals surface area contributed by atoms with Gasteiger partial charge < -0.3 is 10.6 Å². The maximum atomic E-state index is 12.1. The highest BCUT2D eigenvalue weighted by molar-refractivity contribution is 5.92. The van der Waals surface area contributed by atoms with E-state index in [4.69, 9.17) is 0 Å². The first-order chi connectivity index (χ1) is 9.56. The monoisotopic (exact) mass is 278 g/mol. The zero-order valence-electron chi connectivity index (χ0n) is 13.0. The molecule has 0 aliphatic heterocycles. The third-order valence-corrected chi connectivity index (χ3v) is 3.14. The molecule has 1 heterocycles. The summed E-state index contributed by atoms with van der Waals surface area (Å²) in [5.41, 5.74) is 1.23. The van der Waals surface area contributed by atoms with Gasteiger partial charge in [0, 0.05) is 18.3 Å². The van der Waals surface area contributed by atoms with Crippen LogP contribution in [0.3, 0.4) is 0 Å². The lowest BCUT2D eigenvalue weighted by Crippen LogP contribution is -2.32. The van der Waals surface area contributed by atoms with Crippen LogP contribution in [0.1, 0.15) is 62.6 Å². The van der Waals surface area contributed by atoms with Crippen LogP contribution in [0.4, 0.5) is 5.95 Å². The van der Waals surface area contributed by atoms with Gasteiger partial charge in [0.2, 0.25) is 5.95 Å². The van der Waals surface area contributed by atoms with Crippen LogP contribution in [0.5, 0.6) is 0 Å². The van der Waals surface area contributed by atoms with Crippen LogP contribution < -0.4 is 10.6 Å². The van der Waals surface area contributed by atoms with E-state index in [2.05, 4.69) is 27.5 Å². The van der Waals surface area contributed by atoms with Crippen LogP contribution in [0, 0.1) is 6.92 Å². The minimum atomic E-state index is -0.138. The Hall–Kier alpha value is -1.65. The van der Waals surface area contributed by atoms with Gasteiger partial charge in [-0.3, -0.25) is 4.79 Å². The molecule has 2 N–H and O–H groups in total. The third kappa shape index (κ3) is 5.55. The van der Waals surface area contributed by atoms with Gasteiger partial charge in [0.15, 0.2) is 0 Å². The minimum Gasteiger partial charge on any atom is -0.354 e. The molecule has 0 saturated heterocycles. The van der Waals surface area contributed by atoms with Crippen molar-refractivity contribution in [2.24, 2.45) is 0 Å².